The molecule has 0 atom stereocenters. The van der Waals surface area contributed by atoms with E-state index in [1.54, 1.807) is 0 Å². The summed E-state index contributed by atoms with van der Waals surface area (Å²) in [6.45, 7) is 6.82. The van der Waals surface area contributed by atoms with Crippen molar-refractivity contribution >= 4 is 6.08 Å². The summed E-state index contributed by atoms with van der Waals surface area (Å²) in [7, 11) is 2.06. The molecule has 2 heteroatoms. The van der Waals surface area contributed by atoms with E-state index < -0.39 is 0 Å². The number of hydrogen-bond donors (Lipinski definition) is 0. The summed E-state index contributed by atoms with van der Waals surface area (Å²) >= 11 is 0. The van der Waals surface area contributed by atoms with Crippen LogP contribution < -0.4 is 4.57 Å². The van der Waals surface area contributed by atoms with E-state index in [-0.39, 0.29) is 0 Å². The summed E-state index contributed by atoms with van der Waals surface area (Å²) in [6.07, 6.45) is 6.06. The topological polar surface area (TPSA) is 8.81 Å². The molecular formula is C14H17N2+. The second-order valence-corrected chi connectivity index (χ2v) is 4.03. The van der Waals surface area contributed by atoms with Crippen molar-refractivity contribution in [2.75, 3.05) is 0 Å². The van der Waals surface area contributed by atoms with E-state index in [4.69, 9.17) is 0 Å². The Bertz CT molecular complexity index is 509. The van der Waals surface area contributed by atoms with Crippen molar-refractivity contribution in [1.29, 1.82) is 0 Å². The number of hydrogen-bond acceptors (Lipinski definition) is 0. The van der Waals surface area contributed by atoms with Crippen LogP contribution in [0.3, 0.4) is 0 Å². The number of aryl methyl sites for hydroxylation is 1. The Morgan fingerprint density at radius 3 is 2.88 bits per heavy atom. The van der Waals surface area contributed by atoms with E-state index in [0.717, 1.165) is 6.54 Å². The van der Waals surface area contributed by atoms with Gasteiger partial charge in [-0.05, 0) is 17.2 Å². The molecule has 16 heavy (non-hydrogen) atoms. The third-order valence-corrected chi connectivity index (χ3v) is 2.94. The molecule has 0 aliphatic heterocycles. The standard InChI is InChI=1S/C14H17N2/c1-4-13-6-5-7-14(10-13)11-16-9-8-15(3)12(16)2/h4-10H,1,11H2,2-3H3/q+1. The van der Waals surface area contributed by atoms with Gasteiger partial charge in [-0.25, -0.2) is 9.13 Å². The van der Waals surface area contributed by atoms with Crippen LogP contribution in [0, 0.1) is 6.92 Å². The van der Waals surface area contributed by atoms with Gasteiger partial charge in [0.15, 0.2) is 0 Å². The van der Waals surface area contributed by atoms with E-state index in [1.165, 1.54) is 17.0 Å². The Kier molecular flexibility index (Phi) is 2.91. The van der Waals surface area contributed by atoms with Gasteiger partial charge in [0, 0.05) is 6.92 Å². The molecule has 0 aliphatic rings. The molecule has 1 aromatic heterocycles. The normalized spacial score (nSPS) is 10.4. The molecule has 1 heterocycles. The summed E-state index contributed by atoms with van der Waals surface area (Å²) in [5.41, 5.74) is 2.48. The molecule has 0 saturated carbocycles. The van der Waals surface area contributed by atoms with Crippen molar-refractivity contribution in [3.8, 4) is 0 Å². The molecule has 2 nitrogen and oxygen atoms in total. The van der Waals surface area contributed by atoms with Gasteiger partial charge >= 0.3 is 0 Å². The quantitative estimate of drug-likeness (QED) is 0.692. The van der Waals surface area contributed by atoms with E-state index >= 15 is 0 Å². The molecule has 0 radical (unpaired) electrons. The summed E-state index contributed by atoms with van der Waals surface area (Å²) in [4.78, 5) is 0. The van der Waals surface area contributed by atoms with Crippen LogP contribution in [0.15, 0.2) is 43.2 Å². The molecule has 2 aromatic rings. The van der Waals surface area contributed by atoms with Crippen LogP contribution in [0.2, 0.25) is 0 Å². The Balaban J connectivity index is 2.26. The number of aromatic nitrogens is 2. The molecule has 0 fully saturated rings. The molecule has 2 rings (SSSR count). The van der Waals surface area contributed by atoms with E-state index in [2.05, 4.69) is 66.3 Å². The Labute approximate surface area is 96.5 Å². The van der Waals surface area contributed by atoms with Crippen molar-refractivity contribution in [1.82, 2.24) is 4.57 Å². The van der Waals surface area contributed by atoms with Crippen LogP contribution in [0.5, 0.6) is 0 Å². The highest BCUT2D eigenvalue weighted by Crippen LogP contribution is 2.08. The Morgan fingerprint density at radius 1 is 1.44 bits per heavy atom. The first-order valence-corrected chi connectivity index (χ1v) is 5.43. The fourth-order valence-electron chi connectivity index (χ4n) is 1.78. The number of imidazole rings is 1. The maximum atomic E-state index is 3.79. The van der Waals surface area contributed by atoms with Gasteiger partial charge in [0.2, 0.25) is 0 Å². The third-order valence-electron chi connectivity index (χ3n) is 2.94. The largest absolute Gasteiger partial charge is 0.253 e. The highest BCUT2D eigenvalue weighted by molar-refractivity contribution is 5.47. The van der Waals surface area contributed by atoms with Crippen LogP contribution in [-0.4, -0.2) is 4.57 Å². The monoisotopic (exact) mass is 213 g/mol. The van der Waals surface area contributed by atoms with Gasteiger partial charge in [-0.1, -0.05) is 30.9 Å². The summed E-state index contributed by atoms with van der Waals surface area (Å²) in [5, 5.41) is 0. The fourth-order valence-corrected chi connectivity index (χ4v) is 1.78. The molecule has 0 aliphatic carbocycles. The first-order chi connectivity index (χ1) is 7.70. The average Bonchev–Trinajstić information content (AvgIpc) is 2.61. The summed E-state index contributed by atoms with van der Waals surface area (Å²) < 4.78 is 4.36. The van der Waals surface area contributed by atoms with Crippen molar-refractivity contribution in [3.63, 3.8) is 0 Å². The number of nitrogens with zero attached hydrogens (tertiary/aromatic N) is 2. The lowest BCUT2D eigenvalue weighted by Gasteiger charge is -2.01. The molecular weight excluding hydrogens is 196 g/mol. The maximum Gasteiger partial charge on any atom is 0.253 e. The Hall–Kier alpha value is -1.83. The van der Waals surface area contributed by atoms with Crippen molar-refractivity contribution in [3.05, 3.63) is 60.2 Å². The van der Waals surface area contributed by atoms with Gasteiger partial charge in [-0.15, -0.1) is 0 Å². The molecule has 0 saturated heterocycles. The lowest BCUT2D eigenvalue weighted by atomic mass is 10.1. The van der Waals surface area contributed by atoms with E-state index in [9.17, 15) is 0 Å². The van der Waals surface area contributed by atoms with Gasteiger partial charge in [0.25, 0.3) is 5.82 Å². The lowest BCUT2D eigenvalue weighted by molar-refractivity contribution is -0.677. The zero-order valence-electron chi connectivity index (χ0n) is 9.85. The highest BCUT2D eigenvalue weighted by Gasteiger charge is 2.08. The van der Waals surface area contributed by atoms with E-state index in [0.29, 0.717) is 0 Å². The number of rotatable bonds is 3. The first kappa shape index (κ1) is 10.7. The zero-order chi connectivity index (χ0) is 11.5. The minimum Gasteiger partial charge on any atom is -0.237 e. The van der Waals surface area contributed by atoms with Crippen LogP contribution in [0.4, 0.5) is 0 Å². The average molecular weight is 213 g/mol. The highest BCUT2D eigenvalue weighted by atomic mass is 15.1. The zero-order valence-corrected chi connectivity index (χ0v) is 9.85. The predicted octanol–water partition coefficient (Wildman–Crippen LogP) is 2.31. The fraction of sp³-hybridized carbons (Fsp3) is 0.214. The maximum absolute atomic E-state index is 3.79. The smallest absolute Gasteiger partial charge is 0.237 e. The molecule has 0 spiro atoms. The van der Waals surface area contributed by atoms with Crippen LogP contribution in [-0.2, 0) is 13.6 Å². The van der Waals surface area contributed by atoms with Gasteiger partial charge in [-0.2, -0.15) is 0 Å². The molecule has 82 valence electrons. The van der Waals surface area contributed by atoms with Crippen LogP contribution in [0.25, 0.3) is 6.08 Å². The Morgan fingerprint density at radius 2 is 2.25 bits per heavy atom. The predicted molar refractivity (Wildman–Crippen MR) is 66.0 cm³/mol. The molecule has 0 N–H and O–H groups in total. The van der Waals surface area contributed by atoms with Gasteiger partial charge in [0.05, 0.1) is 7.05 Å². The van der Waals surface area contributed by atoms with Gasteiger partial charge in [-0.3, -0.25) is 0 Å². The van der Waals surface area contributed by atoms with Gasteiger partial charge in [0.1, 0.15) is 18.9 Å². The van der Waals surface area contributed by atoms with Crippen LogP contribution >= 0.6 is 0 Å². The molecule has 0 bridgehead atoms. The van der Waals surface area contributed by atoms with Crippen LogP contribution in [0.1, 0.15) is 17.0 Å². The lowest BCUT2D eigenvalue weighted by Crippen LogP contribution is -2.29. The second kappa shape index (κ2) is 4.35. The minimum absolute atomic E-state index is 0.911. The second-order valence-electron chi connectivity index (χ2n) is 4.03. The van der Waals surface area contributed by atoms with E-state index in [1.807, 2.05) is 6.08 Å². The van der Waals surface area contributed by atoms with Crippen molar-refractivity contribution < 1.29 is 4.57 Å². The molecule has 0 unspecified atom stereocenters. The molecule has 1 aromatic carbocycles. The van der Waals surface area contributed by atoms with Crippen molar-refractivity contribution in [2.45, 2.75) is 13.5 Å². The third kappa shape index (κ3) is 2.06. The van der Waals surface area contributed by atoms with Gasteiger partial charge < -0.3 is 0 Å². The summed E-state index contributed by atoms with van der Waals surface area (Å²) in [5.74, 6) is 1.25. The molecule has 0 amide bonds. The minimum atomic E-state index is 0.911. The number of benzene rings is 1. The summed E-state index contributed by atoms with van der Waals surface area (Å²) in [6, 6.07) is 8.46. The van der Waals surface area contributed by atoms with Crippen molar-refractivity contribution in [2.24, 2.45) is 7.05 Å². The SMILES string of the molecule is C=Cc1cccc(Cn2cc[n+](C)c2C)c1. The first-order valence-electron chi connectivity index (χ1n) is 5.43.